The fourth-order valence-electron chi connectivity index (χ4n) is 1.49. The quantitative estimate of drug-likeness (QED) is 0.700. The summed E-state index contributed by atoms with van der Waals surface area (Å²) in [7, 11) is 0. The number of nitrogens with one attached hydrogen (secondary N) is 2. The normalized spacial score (nSPS) is 20.7. The highest BCUT2D eigenvalue weighted by atomic mass is 16.2. The Morgan fingerprint density at radius 3 is 3.21 bits per heavy atom. The first-order valence-electron chi connectivity index (χ1n) is 4.66. The standard InChI is InChI=1S/C9H12N4O/c14-9(7-2-1-4-11-7)13-8-3-5-10-6-12-8/h3,5-7,11H,1-2,4H2,(H,10,12,13,14). The van der Waals surface area contributed by atoms with Gasteiger partial charge in [-0.3, -0.25) is 4.79 Å². The molecule has 0 radical (unpaired) electrons. The van der Waals surface area contributed by atoms with E-state index in [9.17, 15) is 4.79 Å². The molecule has 0 bridgehead atoms. The molecule has 2 heterocycles. The van der Waals surface area contributed by atoms with Gasteiger partial charge in [-0.25, -0.2) is 9.97 Å². The number of amides is 1. The molecule has 1 aromatic rings. The first kappa shape index (κ1) is 9.08. The fourth-order valence-corrected chi connectivity index (χ4v) is 1.49. The minimum atomic E-state index is -0.0648. The van der Waals surface area contributed by atoms with Crippen molar-refractivity contribution in [2.75, 3.05) is 11.9 Å². The van der Waals surface area contributed by atoms with Crippen molar-refractivity contribution in [3.05, 3.63) is 18.6 Å². The third-order valence-corrected chi connectivity index (χ3v) is 2.21. The Bertz CT molecular complexity index is 308. The molecule has 1 atom stereocenters. The van der Waals surface area contributed by atoms with Crippen molar-refractivity contribution in [2.45, 2.75) is 18.9 Å². The molecule has 1 unspecified atom stereocenters. The van der Waals surface area contributed by atoms with Gasteiger partial charge in [0.2, 0.25) is 5.91 Å². The van der Waals surface area contributed by atoms with E-state index in [0.29, 0.717) is 5.82 Å². The van der Waals surface area contributed by atoms with Gasteiger partial charge in [-0.1, -0.05) is 0 Å². The van der Waals surface area contributed by atoms with Crippen LogP contribution in [-0.4, -0.2) is 28.5 Å². The van der Waals surface area contributed by atoms with E-state index in [4.69, 9.17) is 0 Å². The largest absolute Gasteiger partial charge is 0.309 e. The molecule has 5 nitrogen and oxygen atoms in total. The van der Waals surface area contributed by atoms with Crippen LogP contribution in [0, 0.1) is 0 Å². The third kappa shape index (κ3) is 2.05. The molecule has 5 heteroatoms. The van der Waals surface area contributed by atoms with Gasteiger partial charge >= 0.3 is 0 Å². The van der Waals surface area contributed by atoms with Crippen molar-refractivity contribution in [3.8, 4) is 0 Å². The van der Waals surface area contributed by atoms with E-state index >= 15 is 0 Å². The molecule has 0 aromatic carbocycles. The molecule has 14 heavy (non-hydrogen) atoms. The number of aromatic nitrogens is 2. The molecule has 1 amide bonds. The van der Waals surface area contributed by atoms with E-state index in [1.165, 1.54) is 6.33 Å². The van der Waals surface area contributed by atoms with Gasteiger partial charge in [0.25, 0.3) is 0 Å². The van der Waals surface area contributed by atoms with E-state index in [1.807, 2.05) is 0 Å². The lowest BCUT2D eigenvalue weighted by molar-refractivity contribution is -0.117. The average molecular weight is 192 g/mol. The zero-order valence-corrected chi connectivity index (χ0v) is 7.73. The topological polar surface area (TPSA) is 66.9 Å². The van der Waals surface area contributed by atoms with Crippen molar-refractivity contribution in [2.24, 2.45) is 0 Å². The first-order valence-corrected chi connectivity index (χ1v) is 4.66. The predicted octanol–water partition coefficient (Wildman–Crippen LogP) is 0.167. The van der Waals surface area contributed by atoms with Crippen molar-refractivity contribution in [1.29, 1.82) is 0 Å². The summed E-state index contributed by atoms with van der Waals surface area (Å²) < 4.78 is 0. The van der Waals surface area contributed by atoms with Crippen LogP contribution in [0.2, 0.25) is 0 Å². The number of carbonyl (C=O) groups is 1. The third-order valence-electron chi connectivity index (χ3n) is 2.21. The zero-order valence-electron chi connectivity index (χ0n) is 7.73. The van der Waals surface area contributed by atoms with E-state index in [0.717, 1.165) is 19.4 Å². The van der Waals surface area contributed by atoms with Gasteiger partial charge in [0.1, 0.15) is 12.1 Å². The molecule has 1 aliphatic heterocycles. The highest BCUT2D eigenvalue weighted by Gasteiger charge is 2.21. The number of anilines is 1. The van der Waals surface area contributed by atoms with Crippen molar-refractivity contribution >= 4 is 11.7 Å². The van der Waals surface area contributed by atoms with Crippen molar-refractivity contribution in [1.82, 2.24) is 15.3 Å². The average Bonchev–Trinajstić information content (AvgIpc) is 2.72. The maximum absolute atomic E-state index is 11.6. The molecule has 74 valence electrons. The molecule has 0 aliphatic carbocycles. The lowest BCUT2D eigenvalue weighted by Crippen LogP contribution is -2.35. The molecular weight excluding hydrogens is 180 g/mol. The number of nitrogens with zero attached hydrogens (tertiary/aromatic N) is 2. The second-order valence-corrected chi connectivity index (χ2v) is 3.23. The van der Waals surface area contributed by atoms with Crippen LogP contribution in [0.4, 0.5) is 5.82 Å². The SMILES string of the molecule is O=C(Nc1ccncn1)C1CCCN1. The maximum Gasteiger partial charge on any atom is 0.242 e. The van der Waals surface area contributed by atoms with Crippen LogP contribution in [0.5, 0.6) is 0 Å². The Hall–Kier alpha value is -1.49. The molecular formula is C9H12N4O. The van der Waals surface area contributed by atoms with Crippen LogP contribution in [-0.2, 0) is 4.79 Å². The highest BCUT2D eigenvalue weighted by Crippen LogP contribution is 2.07. The monoisotopic (exact) mass is 192 g/mol. The second-order valence-electron chi connectivity index (χ2n) is 3.23. The van der Waals surface area contributed by atoms with Gasteiger partial charge in [0.05, 0.1) is 6.04 Å². The summed E-state index contributed by atoms with van der Waals surface area (Å²) in [6, 6.07) is 1.61. The summed E-state index contributed by atoms with van der Waals surface area (Å²) in [5.41, 5.74) is 0. The number of hydrogen-bond donors (Lipinski definition) is 2. The zero-order chi connectivity index (χ0) is 9.80. The van der Waals surface area contributed by atoms with Crippen molar-refractivity contribution in [3.63, 3.8) is 0 Å². The van der Waals surface area contributed by atoms with Crippen LogP contribution in [0.15, 0.2) is 18.6 Å². The second kappa shape index (κ2) is 4.15. The maximum atomic E-state index is 11.6. The lowest BCUT2D eigenvalue weighted by Gasteiger charge is -2.09. The molecule has 1 saturated heterocycles. The molecule has 0 spiro atoms. The van der Waals surface area contributed by atoms with Crippen LogP contribution in [0.1, 0.15) is 12.8 Å². The van der Waals surface area contributed by atoms with Gasteiger partial charge in [0.15, 0.2) is 0 Å². The minimum Gasteiger partial charge on any atom is -0.309 e. The van der Waals surface area contributed by atoms with E-state index in [2.05, 4.69) is 20.6 Å². The smallest absolute Gasteiger partial charge is 0.242 e. The van der Waals surface area contributed by atoms with Gasteiger partial charge in [-0.05, 0) is 25.5 Å². The van der Waals surface area contributed by atoms with Crippen molar-refractivity contribution < 1.29 is 4.79 Å². The summed E-state index contributed by atoms with van der Waals surface area (Å²) in [6.07, 6.45) is 4.97. The molecule has 1 fully saturated rings. The Kier molecular flexibility index (Phi) is 2.69. The first-order chi connectivity index (χ1) is 6.86. The van der Waals surface area contributed by atoms with Gasteiger partial charge in [0, 0.05) is 6.20 Å². The Morgan fingerprint density at radius 1 is 1.64 bits per heavy atom. The van der Waals surface area contributed by atoms with Gasteiger partial charge in [-0.2, -0.15) is 0 Å². The predicted molar refractivity (Wildman–Crippen MR) is 51.7 cm³/mol. The van der Waals surface area contributed by atoms with Crippen LogP contribution in [0.25, 0.3) is 0 Å². The molecule has 0 saturated carbocycles. The van der Waals surface area contributed by atoms with Crippen LogP contribution >= 0.6 is 0 Å². The summed E-state index contributed by atoms with van der Waals surface area (Å²) in [4.78, 5) is 19.3. The molecule has 1 aromatic heterocycles. The molecule has 2 N–H and O–H groups in total. The van der Waals surface area contributed by atoms with Gasteiger partial charge in [-0.15, -0.1) is 0 Å². The Morgan fingerprint density at radius 2 is 2.57 bits per heavy atom. The van der Waals surface area contributed by atoms with E-state index < -0.39 is 0 Å². The molecule has 2 rings (SSSR count). The van der Waals surface area contributed by atoms with Crippen LogP contribution < -0.4 is 10.6 Å². The Balaban J connectivity index is 1.94. The van der Waals surface area contributed by atoms with E-state index in [-0.39, 0.29) is 11.9 Å². The number of carbonyl (C=O) groups excluding carboxylic acids is 1. The number of rotatable bonds is 2. The summed E-state index contributed by atoms with van der Waals surface area (Å²) in [5.74, 6) is 0.542. The fraction of sp³-hybridized carbons (Fsp3) is 0.444. The Labute approximate surface area is 82.0 Å². The summed E-state index contributed by atoms with van der Waals surface area (Å²) in [6.45, 7) is 0.919. The lowest BCUT2D eigenvalue weighted by atomic mass is 10.2. The highest BCUT2D eigenvalue weighted by molar-refractivity contribution is 5.94. The van der Waals surface area contributed by atoms with Crippen LogP contribution in [0.3, 0.4) is 0 Å². The van der Waals surface area contributed by atoms with E-state index in [1.54, 1.807) is 12.3 Å². The summed E-state index contributed by atoms with van der Waals surface area (Å²) in [5, 5.41) is 5.85. The number of hydrogen-bond acceptors (Lipinski definition) is 4. The summed E-state index contributed by atoms with van der Waals surface area (Å²) >= 11 is 0. The minimum absolute atomic E-state index is 0.0128. The molecule has 1 aliphatic rings. The van der Waals surface area contributed by atoms with Gasteiger partial charge < -0.3 is 10.6 Å².